The summed E-state index contributed by atoms with van der Waals surface area (Å²) in [5.74, 6) is -0.0570. The van der Waals surface area contributed by atoms with E-state index >= 15 is 0 Å². The Hall–Kier alpha value is -2.73. The number of hydrogen-bond donors (Lipinski definition) is 1. The van der Waals surface area contributed by atoms with Crippen molar-refractivity contribution >= 4 is 16.8 Å². The molecule has 2 aromatic heterocycles. The molecule has 0 unspecified atom stereocenters. The number of aryl methyl sites for hydroxylation is 1. The fraction of sp³-hybridized carbons (Fsp3) is 0.458. The fourth-order valence-electron chi connectivity index (χ4n) is 4.34. The molecule has 6 nitrogen and oxygen atoms in total. The van der Waals surface area contributed by atoms with Crippen LogP contribution < -0.4 is 5.32 Å². The number of likely N-dealkylation sites (tertiary alicyclic amines) is 1. The minimum Gasteiger partial charge on any atom is -0.346 e. The van der Waals surface area contributed by atoms with Gasteiger partial charge in [-0.3, -0.25) is 9.48 Å². The zero-order chi connectivity index (χ0) is 21.3. The van der Waals surface area contributed by atoms with Crippen LogP contribution >= 0.6 is 0 Å². The third-order valence-corrected chi connectivity index (χ3v) is 5.99. The fourth-order valence-corrected chi connectivity index (χ4v) is 4.34. The van der Waals surface area contributed by atoms with Gasteiger partial charge in [-0.25, -0.2) is 4.98 Å². The Morgan fingerprint density at radius 3 is 2.60 bits per heavy atom. The van der Waals surface area contributed by atoms with Crippen LogP contribution in [-0.2, 0) is 7.05 Å². The number of carbonyl (C=O) groups is 1. The van der Waals surface area contributed by atoms with Crippen LogP contribution in [0.15, 0.2) is 36.5 Å². The van der Waals surface area contributed by atoms with Crippen molar-refractivity contribution in [2.75, 3.05) is 19.6 Å². The highest BCUT2D eigenvalue weighted by Gasteiger charge is 2.26. The molecule has 0 aliphatic carbocycles. The second-order valence-corrected chi connectivity index (χ2v) is 9.01. The zero-order valence-corrected chi connectivity index (χ0v) is 18.4. The first-order valence-electron chi connectivity index (χ1n) is 10.8. The standard InChI is InChI=1S/C24H31N5O/c1-17-20(15-25-28(17)4)22-14-19(18-10-6-7-11-21(18)26-22)23(30)27-24(2,3)16-29-12-8-5-9-13-29/h6-7,10-11,14-15H,5,8-9,12-13,16H2,1-4H3,(H,27,30). The van der Waals surface area contributed by atoms with Gasteiger partial charge in [0.1, 0.15) is 0 Å². The molecule has 1 fully saturated rings. The van der Waals surface area contributed by atoms with E-state index in [0.717, 1.165) is 47.5 Å². The Labute approximate surface area is 178 Å². The molecule has 0 atom stereocenters. The maximum absolute atomic E-state index is 13.4. The maximum Gasteiger partial charge on any atom is 0.252 e. The first kappa shape index (κ1) is 20.5. The van der Waals surface area contributed by atoms with Crippen molar-refractivity contribution in [3.63, 3.8) is 0 Å². The van der Waals surface area contributed by atoms with Crippen LogP contribution in [0.4, 0.5) is 0 Å². The van der Waals surface area contributed by atoms with E-state index in [1.807, 2.05) is 55.2 Å². The third-order valence-electron chi connectivity index (χ3n) is 5.99. The van der Waals surface area contributed by atoms with Gasteiger partial charge in [-0.1, -0.05) is 24.6 Å². The molecule has 1 N–H and O–H groups in total. The molecular weight excluding hydrogens is 374 g/mol. The van der Waals surface area contributed by atoms with E-state index in [9.17, 15) is 4.79 Å². The van der Waals surface area contributed by atoms with Crippen LogP contribution in [0.5, 0.6) is 0 Å². The molecule has 158 valence electrons. The number of amides is 1. The highest BCUT2D eigenvalue weighted by Crippen LogP contribution is 2.27. The van der Waals surface area contributed by atoms with Gasteiger partial charge < -0.3 is 10.2 Å². The van der Waals surface area contributed by atoms with Crippen LogP contribution in [0.1, 0.15) is 49.2 Å². The second-order valence-electron chi connectivity index (χ2n) is 9.01. The number of rotatable bonds is 5. The van der Waals surface area contributed by atoms with Crippen LogP contribution in [0.25, 0.3) is 22.2 Å². The molecule has 0 saturated carbocycles. The monoisotopic (exact) mass is 405 g/mol. The van der Waals surface area contributed by atoms with Crippen LogP contribution in [0.3, 0.4) is 0 Å². The predicted molar refractivity (Wildman–Crippen MR) is 121 cm³/mol. The van der Waals surface area contributed by atoms with E-state index in [2.05, 4.69) is 29.2 Å². The first-order valence-corrected chi connectivity index (χ1v) is 10.8. The molecule has 3 heterocycles. The van der Waals surface area contributed by atoms with Gasteiger partial charge in [0, 0.05) is 35.8 Å². The lowest BCUT2D eigenvalue weighted by molar-refractivity contribution is 0.0880. The van der Waals surface area contributed by atoms with Crippen molar-refractivity contribution in [2.45, 2.75) is 45.6 Å². The Kier molecular flexibility index (Phi) is 5.60. The summed E-state index contributed by atoms with van der Waals surface area (Å²) in [6, 6.07) is 9.74. The summed E-state index contributed by atoms with van der Waals surface area (Å²) in [6.45, 7) is 9.31. The number of benzene rings is 1. The number of fused-ring (bicyclic) bond motifs is 1. The minimum absolute atomic E-state index is 0.0570. The number of pyridine rings is 1. The lowest BCUT2D eigenvalue weighted by Crippen LogP contribution is -2.52. The highest BCUT2D eigenvalue weighted by atomic mass is 16.1. The van der Waals surface area contributed by atoms with Crippen molar-refractivity contribution in [1.29, 1.82) is 0 Å². The molecule has 1 aromatic carbocycles. The first-order chi connectivity index (χ1) is 14.3. The van der Waals surface area contributed by atoms with Crippen molar-refractivity contribution in [2.24, 2.45) is 7.05 Å². The van der Waals surface area contributed by atoms with Gasteiger partial charge in [-0.05, 0) is 58.8 Å². The summed E-state index contributed by atoms with van der Waals surface area (Å²) in [5, 5.41) is 8.49. The van der Waals surface area contributed by atoms with Crippen molar-refractivity contribution in [3.8, 4) is 11.3 Å². The van der Waals surface area contributed by atoms with E-state index in [0.29, 0.717) is 5.56 Å². The third kappa shape index (κ3) is 4.24. The lowest BCUT2D eigenvalue weighted by atomic mass is 9.99. The molecule has 1 aliphatic heterocycles. The van der Waals surface area contributed by atoms with Gasteiger partial charge in [-0.15, -0.1) is 0 Å². The normalized spacial score (nSPS) is 15.5. The Morgan fingerprint density at radius 1 is 1.17 bits per heavy atom. The van der Waals surface area contributed by atoms with E-state index in [1.54, 1.807) is 0 Å². The van der Waals surface area contributed by atoms with Gasteiger partial charge in [0.25, 0.3) is 5.91 Å². The Balaban J connectivity index is 1.66. The minimum atomic E-state index is -0.316. The summed E-state index contributed by atoms with van der Waals surface area (Å²) in [5.41, 5.74) is 3.91. The average molecular weight is 406 g/mol. The van der Waals surface area contributed by atoms with Gasteiger partial charge in [-0.2, -0.15) is 5.10 Å². The molecule has 0 bridgehead atoms. The number of nitrogens with one attached hydrogen (secondary N) is 1. The zero-order valence-electron chi connectivity index (χ0n) is 18.4. The van der Waals surface area contributed by atoms with Gasteiger partial charge in [0.15, 0.2) is 0 Å². The summed E-state index contributed by atoms with van der Waals surface area (Å²) in [7, 11) is 1.91. The summed E-state index contributed by atoms with van der Waals surface area (Å²) >= 11 is 0. The molecular formula is C24H31N5O. The average Bonchev–Trinajstić information content (AvgIpc) is 3.05. The van der Waals surface area contributed by atoms with E-state index in [4.69, 9.17) is 4.98 Å². The topological polar surface area (TPSA) is 63.1 Å². The number of piperidine rings is 1. The summed E-state index contributed by atoms with van der Waals surface area (Å²) in [6.07, 6.45) is 5.61. The van der Waals surface area contributed by atoms with Crippen LogP contribution in [0, 0.1) is 6.92 Å². The number of nitrogens with zero attached hydrogens (tertiary/aromatic N) is 4. The quantitative estimate of drug-likeness (QED) is 0.698. The highest BCUT2D eigenvalue weighted by molar-refractivity contribution is 6.07. The van der Waals surface area contributed by atoms with Gasteiger partial charge in [0.2, 0.25) is 0 Å². The Bertz CT molecular complexity index is 1060. The second kappa shape index (κ2) is 8.19. The summed E-state index contributed by atoms with van der Waals surface area (Å²) < 4.78 is 1.83. The molecule has 0 spiro atoms. The molecule has 1 amide bonds. The van der Waals surface area contributed by atoms with Gasteiger partial charge in [0.05, 0.1) is 23.0 Å². The van der Waals surface area contributed by atoms with E-state index < -0.39 is 0 Å². The SMILES string of the molecule is Cc1c(-c2cc(C(=O)NC(C)(C)CN3CCCCC3)c3ccccc3n2)cnn1C. The largest absolute Gasteiger partial charge is 0.346 e. The number of para-hydroxylation sites is 1. The number of aromatic nitrogens is 3. The smallest absolute Gasteiger partial charge is 0.252 e. The van der Waals surface area contributed by atoms with Gasteiger partial charge >= 0.3 is 0 Å². The van der Waals surface area contributed by atoms with E-state index in [1.165, 1.54) is 19.3 Å². The molecule has 1 aliphatic rings. The van der Waals surface area contributed by atoms with Crippen molar-refractivity contribution in [3.05, 3.63) is 47.8 Å². The molecule has 6 heteroatoms. The van der Waals surface area contributed by atoms with Crippen molar-refractivity contribution in [1.82, 2.24) is 25.0 Å². The number of carbonyl (C=O) groups excluding carboxylic acids is 1. The molecule has 0 radical (unpaired) electrons. The molecule has 4 rings (SSSR count). The molecule has 3 aromatic rings. The van der Waals surface area contributed by atoms with Crippen LogP contribution in [-0.4, -0.2) is 50.7 Å². The van der Waals surface area contributed by atoms with Crippen molar-refractivity contribution < 1.29 is 4.79 Å². The predicted octanol–water partition coefficient (Wildman–Crippen LogP) is 3.94. The summed E-state index contributed by atoms with van der Waals surface area (Å²) in [4.78, 5) is 20.7. The van der Waals surface area contributed by atoms with Crippen LogP contribution in [0.2, 0.25) is 0 Å². The molecule has 1 saturated heterocycles. The maximum atomic E-state index is 13.4. The molecule has 30 heavy (non-hydrogen) atoms. The lowest BCUT2D eigenvalue weighted by Gasteiger charge is -2.35. The number of hydrogen-bond acceptors (Lipinski definition) is 4. The Morgan fingerprint density at radius 2 is 1.90 bits per heavy atom. The van der Waals surface area contributed by atoms with E-state index in [-0.39, 0.29) is 11.4 Å².